The molecule has 2 amide bonds. The minimum absolute atomic E-state index is 0.0767. The molecule has 0 radical (unpaired) electrons. The molecule has 23 heteroatoms. The molecule has 0 bridgehead atoms. The molecule has 2 aliphatic rings. The van der Waals surface area contributed by atoms with Crippen LogP contribution in [0.25, 0.3) is 45.4 Å². The fourth-order valence-electron chi connectivity index (χ4n) is 7.49. The molecule has 5 heterocycles. The second kappa shape index (κ2) is 18.4. The third-order valence-corrected chi connectivity index (χ3v) is 11.4. The summed E-state index contributed by atoms with van der Waals surface area (Å²) >= 11 is 0. The van der Waals surface area contributed by atoms with Gasteiger partial charge in [0.25, 0.3) is 17.0 Å². The first-order valence-corrected chi connectivity index (χ1v) is 20.2. The quantitative estimate of drug-likeness (QED) is 0.0650. The van der Waals surface area contributed by atoms with Gasteiger partial charge in [-0.05, 0) is 74.9 Å². The molecule has 2 fully saturated rings. The highest BCUT2D eigenvalue weighted by atomic mass is 16.5. The Morgan fingerprint density at radius 2 is 1.26 bits per heavy atom. The summed E-state index contributed by atoms with van der Waals surface area (Å²) in [5.41, 5.74) is 6.79. The van der Waals surface area contributed by atoms with Crippen molar-refractivity contribution in [1.29, 1.82) is 0 Å². The number of nitrogens with zero attached hydrogens (tertiary/aromatic N) is 9. The van der Waals surface area contributed by atoms with Gasteiger partial charge in [0.1, 0.15) is 12.0 Å². The number of amides is 2. The predicted molar refractivity (Wildman–Crippen MR) is 230 cm³/mol. The summed E-state index contributed by atoms with van der Waals surface area (Å²) in [6.45, 7) is 1.63. The van der Waals surface area contributed by atoms with E-state index in [0.29, 0.717) is 44.8 Å². The fraction of sp³-hybridized carbons (Fsp3) is 0.310. The van der Waals surface area contributed by atoms with Crippen molar-refractivity contribution in [2.24, 2.45) is 25.7 Å². The monoisotopic (exact) mass is 892 g/mol. The number of carbonyl (C=O) groups is 4. The van der Waals surface area contributed by atoms with Crippen molar-refractivity contribution in [3.8, 4) is 34.8 Å². The zero-order valence-electron chi connectivity index (χ0n) is 35.5. The van der Waals surface area contributed by atoms with Crippen LogP contribution in [0, 0.1) is 0 Å². The van der Waals surface area contributed by atoms with Crippen LogP contribution in [-0.4, -0.2) is 89.5 Å². The van der Waals surface area contributed by atoms with Gasteiger partial charge in [0.2, 0.25) is 17.4 Å². The number of Topliss-reactive ketones (excluding diaryl/α,β-unsaturated/α-hetero) is 1. The lowest BCUT2D eigenvalue weighted by Gasteiger charge is -2.29. The normalized spacial score (nSPS) is 13.5. The highest BCUT2D eigenvalue weighted by molar-refractivity contribution is 6.04. The maximum absolute atomic E-state index is 12.8. The van der Waals surface area contributed by atoms with Crippen molar-refractivity contribution in [3.05, 3.63) is 92.1 Å². The smallest absolute Gasteiger partial charge is 0.337 e. The summed E-state index contributed by atoms with van der Waals surface area (Å²) in [6.07, 6.45) is 8.26. The first kappa shape index (κ1) is 45.0. The Morgan fingerprint density at radius 3 is 1.71 bits per heavy atom. The number of methoxy groups -OCH3 is 1. The van der Waals surface area contributed by atoms with Crippen LogP contribution in [0.5, 0.6) is 11.5 Å². The number of fused-ring (bicyclic) bond motifs is 2. The van der Waals surface area contributed by atoms with Crippen LogP contribution < -0.4 is 28.1 Å². The summed E-state index contributed by atoms with van der Waals surface area (Å²) in [7, 11) is 4.23. The number of aromatic hydroxyl groups is 2. The molecule has 338 valence electrons. The Balaban J connectivity index is 0.000000189. The maximum atomic E-state index is 12.8. The molecule has 65 heavy (non-hydrogen) atoms. The topological polar surface area (TPSA) is 334 Å². The molecule has 2 aromatic carbocycles. The van der Waals surface area contributed by atoms with Crippen molar-refractivity contribution in [3.63, 3.8) is 0 Å². The Kier molecular flexibility index (Phi) is 12.7. The SMILES string of the molecule is CCC(=O)c1nc(-c2nc3ccc(C(N)=O)cc3n2C2CCC2)n(C)c(=O)c1O.COC(=O)c1ccc2nc(-c3nc(C(=O)Nc4cnoc4)c(O)c(=O)n3C)n(C3CCC3)c2c1.NO. The molecule has 5 aromatic heterocycles. The molecule has 2 saturated carbocycles. The van der Waals surface area contributed by atoms with Crippen LogP contribution in [0.1, 0.15) is 106 Å². The van der Waals surface area contributed by atoms with Gasteiger partial charge in [-0.25, -0.2) is 30.6 Å². The number of ether oxygens (including phenoxy) is 1. The van der Waals surface area contributed by atoms with Gasteiger partial charge in [0.15, 0.2) is 40.5 Å². The lowest BCUT2D eigenvalue weighted by molar-refractivity contribution is 0.0600. The zero-order valence-corrected chi connectivity index (χ0v) is 35.5. The van der Waals surface area contributed by atoms with Crippen molar-refractivity contribution >= 4 is 51.3 Å². The Bertz CT molecular complexity index is 3120. The van der Waals surface area contributed by atoms with Gasteiger partial charge >= 0.3 is 5.97 Å². The fourth-order valence-corrected chi connectivity index (χ4v) is 7.49. The zero-order chi connectivity index (χ0) is 46.9. The third-order valence-electron chi connectivity index (χ3n) is 11.4. The summed E-state index contributed by atoms with van der Waals surface area (Å²) in [4.78, 5) is 92.0. The van der Waals surface area contributed by atoms with E-state index < -0.39 is 51.9 Å². The number of hydrogen-bond donors (Lipinski definition) is 6. The lowest BCUT2D eigenvalue weighted by atomic mass is 9.92. The van der Waals surface area contributed by atoms with Gasteiger partial charge in [0, 0.05) is 38.2 Å². The van der Waals surface area contributed by atoms with Crippen LogP contribution >= 0.6 is 0 Å². The molecule has 0 saturated heterocycles. The second-order valence-electron chi connectivity index (χ2n) is 15.2. The van der Waals surface area contributed by atoms with E-state index in [1.807, 2.05) is 9.13 Å². The Labute approximate surface area is 366 Å². The van der Waals surface area contributed by atoms with Crippen molar-refractivity contribution in [1.82, 2.24) is 43.4 Å². The number of aromatic nitrogens is 9. The van der Waals surface area contributed by atoms with Crippen LogP contribution in [0.3, 0.4) is 0 Å². The summed E-state index contributed by atoms with van der Waals surface area (Å²) in [6, 6.07) is 10.2. The number of anilines is 1. The van der Waals surface area contributed by atoms with Crippen molar-refractivity contribution in [2.75, 3.05) is 12.4 Å². The maximum Gasteiger partial charge on any atom is 0.337 e. The van der Waals surface area contributed by atoms with E-state index in [4.69, 9.17) is 15.7 Å². The molecule has 0 spiro atoms. The van der Waals surface area contributed by atoms with Crippen LogP contribution in [-0.2, 0) is 18.8 Å². The summed E-state index contributed by atoms with van der Waals surface area (Å²) in [5, 5.41) is 33.0. The van der Waals surface area contributed by atoms with Crippen molar-refractivity contribution < 1.29 is 43.9 Å². The molecule has 7 aromatic rings. The van der Waals surface area contributed by atoms with Gasteiger partial charge in [-0.2, -0.15) is 0 Å². The standard InChI is InChI=1S/C22H20N6O6.C20H21N5O4.H3NO/c1-27-18(26-16(17(29)21(27)31)20(30)24-12-9-23-34-10-12)19-25-14-7-6-11(22(32)33-2)8-15(14)28(19)13-4-3-5-13;1-3-14(26)15-16(27)20(29)24(2)18(23-15)19-22-12-8-7-10(17(21)28)9-13(12)25(19)11-5-4-6-11;1-2/h6-10,13,29H,3-5H2,1-2H3,(H,24,30);7-9,11,27H,3-6H2,1-2H3,(H2,21,28);2H,1H2. The van der Waals surface area contributed by atoms with Gasteiger partial charge in [0.05, 0.1) is 40.9 Å². The number of carbonyl (C=O) groups excluding carboxylic acids is 4. The molecule has 9 rings (SSSR count). The number of hydrogen-bond acceptors (Lipinski definition) is 17. The van der Waals surface area contributed by atoms with E-state index in [2.05, 4.69) is 40.8 Å². The minimum Gasteiger partial charge on any atom is -0.501 e. The number of benzene rings is 2. The van der Waals surface area contributed by atoms with Crippen molar-refractivity contribution in [2.45, 2.75) is 64.0 Å². The third kappa shape index (κ3) is 8.20. The molecule has 0 atom stereocenters. The Morgan fingerprint density at radius 1 is 0.769 bits per heavy atom. The average molecular weight is 893 g/mol. The lowest BCUT2D eigenvalue weighted by Crippen LogP contribution is -2.27. The molecule has 8 N–H and O–H groups in total. The highest BCUT2D eigenvalue weighted by Gasteiger charge is 2.31. The summed E-state index contributed by atoms with van der Waals surface area (Å²) < 4.78 is 15.7. The largest absolute Gasteiger partial charge is 0.501 e. The molecular weight excluding hydrogens is 849 g/mol. The molecule has 0 unspecified atom stereocenters. The van der Waals surface area contributed by atoms with E-state index in [1.54, 1.807) is 43.3 Å². The van der Waals surface area contributed by atoms with E-state index in [-0.39, 0.29) is 41.5 Å². The predicted octanol–water partition coefficient (Wildman–Crippen LogP) is 3.51. The number of esters is 1. The number of nitrogens with one attached hydrogen (secondary N) is 1. The average Bonchev–Trinajstić information content (AvgIpc) is 4.02. The van der Waals surface area contributed by atoms with Gasteiger partial charge < -0.3 is 44.9 Å². The van der Waals surface area contributed by atoms with Crippen LogP contribution in [0.2, 0.25) is 0 Å². The minimum atomic E-state index is -0.807. The number of rotatable bonds is 10. The first-order chi connectivity index (χ1) is 31.2. The first-order valence-electron chi connectivity index (χ1n) is 20.2. The molecule has 2 aliphatic carbocycles. The van der Waals surface area contributed by atoms with Gasteiger partial charge in [-0.1, -0.05) is 12.1 Å². The number of ketones is 1. The second-order valence-corrected chi connectivity index (χ2v) is 15.2. The number of imidazole rings is 2. The van der Waals surface area contributed by atoms with Gasteiger partial charge in [-0.3, -0.25) is 33.1 Å². The van der Waals surface area contributed by atoms with E-state index in [9.17, 15) is 39.0 Å². The number of primary amides is 1. The van der Waals surface area contributed by atoms with E-state index in [0.717, 1.165) is 43.1 Å². The molecular formula is C42H44N12O11. The van der Waals surface area contributed by atoms with Crippen LogP contribution in [0.4, 0.5) is 5.69 Å². The van der Waals surface area contributed by atoms with Gasteiger partial charge in [-0.15, -0.1) is 0 Å². The Hall–Kier alpha value is -8.05. The summed E-state index contributed by atoms with van der Waals surface area (Å²) in [5.74, 6) is 0.840. The highest BCUT2D eigenvalue weighted by Crippen LogP contribution is 2.40. The van der Waals surface area contributed by atoms with Crippen LogP contribution in [0.15, 0.2) is 63.0 Å². The van der Waals surface area contributed by atoms with E-state index in [1.165, 1.54) is 38.2 Å². The van der Waals surface area contributed by atoms with E-state index >= 15 is 0 Å². The molecule has 0 aliphatic heterocycles. The molecule has 23 nitrogen and oxygen atoms in total. The number of nitrogens with two attached hydrogens (primary N) is 2.